The Hall–Kier alpha value is -0.660. The van der Waals surface area contributed by atoms with Crippen LogP contribution in [-0.4, -0.2) is 28.9 Å². The van der Waals surface area contributed by atoms with Crippen LogP contribution in [0.4, 0.5) is 0 Å². The van der Waals surface area contributed by atoms with E-state index in [4.69, 9.17) is 5.73 Å². The molecule has 1 saturated heterocycles. The van der Waals surface area contributed by atoms with Gasteiger partial charge in [0.1, 0.15) is 5.54 Å². The van der Waals surface area contributed by atoms with E-state index in [0.717, 1.165) is 34.4 Å². The molecule has 1 aromatic heterocycles. The predicted octanol–water partition coefficient (Wildman–Crippen LogP) is 4.33. The van der Waals surface area contributed by atoms with Crippen molar-refractivity contribution in [2.45, 2.75) is 31.2 Å². The molecule has 1 amide bonds. The van der Waals surface area contributed by atoms with E-state index in [1.165, 1.54) is 0 Å². The molecule has 1 aliphatic heterocycles. The first-order chi connectivity index (χ1) is 11.0. The molecular weight excluding hydrogens is 445 g/mol. The van der Waals surface area contributed by atoms with Gasteiger partial charge >= 0.3 is 0 Å². The second-order valence-electron chi connectivity index (χ2n) is 6.17. The van der Waals surface area contributed by atoms with E-state index < -0.39 is 5.54 Å². The first kappa shape index (κ1) is 22.4. The summed E-state index contributed by atoms with van der Waals surface area (Å²) in [5, 5.41) is 3.11. The SMILES string of the molecule is CC(N)(C(=O)N1CCCC(c2nccs2)C1)c1ccc(Br)cc1.Cl.Cl. The molecule has 2 unspecified atom stereocenters. The zero-order valence-electron chi connectivity index (χ0n) is 13.9. The summed E-state index contributed by atoms with van der Waals surface area (Å²) in [5.41, 5.74) is 6.23. The van der Waals surface area contributed by atoms with Gasteiger partial charge in [0, 0.05) is 35.1 Å². The molecule has 4 nitrogen and oxygen atoms in total. The summed E-state index contributed by atoms with van der Waals surface area (Å²) in [4.78, 5) is 19.3. The van der Waals surface area contributed by atoms with Crippen LogP contribution in [0.25, 0.3) is 0 Å². The topological polar surface area (TPSA) is 59.2 Å². The fourth-order valence-corrected chi connectivity index (χ4v) is 4.08. The van der Waals surface area contributed by atoms with Crippen LogP contribution in [-0.2, 0) is 10.3 Å². The van der Waals surface area contributed by atoms with Crippen LogP contribution in [0.1, 0.15) is 36.3 Å². The summed E-state index contributed by atoms with van der Waals surface area (Å²) in [6.07, 6.45) is 3.90. The van der Waals surface area contributed by atoms with Gasteiger partial charge in [0.25, 0.3) is 0 Å². The molecule has 8 heteroatoms. The van der Waals surface area contributed by atoms with Crippen molar-refractivity contribution in [2.24, 2.45) is 5.73 Å². The van der Waals surface area contributed by atoms with Gasteiger partial charge in [0.2, 0.25) is 5.91 Å². The van der Waals surface area contributed by atoms with E-state index in [9.17, 15) is 4.79 Å². The van der Waals surface area contributed by atoms with Crippen molar-refractivity contribution in [2.75, 3.05) is 13.1 Å². The maximum absolute atomic E-state index is 13.0. The van der Waals surface area contributed by atoms with Crippen molar-refractivity contribution in [3.63, 3.8) is 0 Å². The number of nitrogens with zero attached hydrogens (tertiary/aromatic N) is 2. The third-order valence-corrected chi connectivity index (χ3v) is 5.86. The Morgan fingerprint density at radius 2 is 2.04 bits per heavy atom. The maximum atomic E-state index is 13.0. The van der Waals surface area contributed by atoms with Crippen LogP contribution in [0, 0.1) is 0 Å². The Labute approximate surface area is 173 Å². The number of aromatic nitrogens is 1. The van der Waals surface area contributed by atoms with Crippen molar-refractivity contribution in [1.82, 2.24) is 9.88 Å². The van der Waals surface area contributed by atoms with E-state index in [0.29, 0.717) is 12.5 Å². The van der Waals surface area contributed by atoms with Crippen LogP contribution < -0.4 is 5.73 Å². The third kappa shape index (κ3) is 4.95. The molecule has 0 spiro atoms. The van der Waals surface area contributed by atoms with Gasteiger partial charge in [0.05, 0.1) is 5.01 Å². The summed E-state index contributed by atoms with van der Waals surface area (Å²) < 4.78 is 0.978. The fraction of sp³-hybridized carbons (Fsp3) is 0.412. The average molecular weight is 467 g/mol. The summed E-state index contributed by atoms with van der Waals surface area (Å²) in [5.74, 6) is 0.314. The Balaban J connectivity index is 0.00000156. The number of piperidine rings is 1. The highest BCUT2D eigenvalue weighted by atomic mass is 79.9. The molecule has 25 heavy (non-hydrogen) atoms. The Morgan fingerprint density at radius 1 is 1.36 bits per heavy atom. The van der Waals surface area contributed by atoms with Gasteiger partial charge in [-0.15, -0.1) is 36.2 Å². The summed E-state index contributed by atoms with van der Waals surface area (Å²) in [6.45, 7) is 3.27. The number of nitrogens with two attached hydrogens (primary N) is 1. The number of halogens is 3. The van der Waals surface area contributed by atoms with Crippen molar-refractivity contribution in [3.05, 3.63) is 50.9 Å². The number of carbonyl (C=O) groups is 1. The fourth-order valence-electron chi connectivity index (χ4n) is 3.05. The minimum Gasteiger partial charge on any atom is -0.340 e. The third-order valence-electron chi connectivity index (χ3n) is 4.40. The maximum Gasteiger partial charge on any atom is 0.246 e. The molecule has 1 fully saturated rings. The number of likely N-dealkylation sites (tertiary alicyclic amines) is 1. The Kier molecular flexibility index (Phi) is 8.35. The van der Waals surface area contributed by atoms with Crippen molar-refractivity contribution < 1.29 is 4.79 Å². The molecule has 0 radical (unpaired) electrons. The molecule has 0 saturated carbocycles. The van der Waals surface area contributed by atoms with Gasteiger partial charge in [-0.1, -0.05) is 28.1 Å². The lowest BCUT2D eigenvalue weighted by atomic mass is 9.89. The molecule has 1 aromatic carbocycles. The highest BCUT2D eigenvalue weighted by molar-refractivity contribution is 9.10. The Morgan fingerprint density at radius 3 is 2.64 bits per heavy atom. The van der Waals surface area contributed by atoms with E-state index in [1.54, 1.807) is 18.3 Å². The largest absolute Gasteiger partial charge is 0.340 e. The van der Waals surface area contributed by atoms with Crippen molar-refractivity contribution in [3.8, 4) is 0 Å². The van der Waals surface area contributed by atoms with Crippen LogP contribution in [0.2, 0.25) is 0 Å². The average Bonchev–Trinajstić information content (AvgIpc) is 3.09. The summed E-state index contributed by atoms with van der Waals surface area (Å²) in [7, 11) is 0. The van der Waals surface area contributed by atoms with Crippen LogP contribution in [0.3, 0.4) is 0 Å². The highest BCUT2D eigenvalue weighted by Gasteiger charge is 2.37. The van der Waals surface area contributed by atoms with Gasteiger partial charge in [-0.05, 0) is 37.5 Å². The summed E-state index contributed by atoms with van der Waals surface area (Å²) >= 11 is 5.08. The quantitative estimate of drug-likeness (QED) is 0.732. The molecule has 2 aromatic rings. The lowest BCUT2D eigenvalue weighted by Crippen LogP contribution is -2.53. The van der Waals surface area contributed by atoms with Crippen LogP contribution in [0.5, 0.6) is 0 Å². The lowest BCUT2D eigenvalue weighted by molar-refractivity contribution is -0.138. The molecule has 2 atom stereocenters. The molecule has 3 rings (SSSR count). The van der Waals surface area contributed by atoms with E-state index in [1.807, 2.05) is 40.7 Å². The molecule has 2 heterocycles. The molecule has 0 bridgehead atoms. The number of carbonyl (C=O) groups excluding carboxylic acids is 1. The minimum absolute atomic E-state index is 0. The van der Waals surface area contributed by atoms with Crippen LogP contribution in [0.15, 0.2) is 40.3 Å². The highest BCUT2D eigenvalue weighted by Crippen LogP contribution is 2.31. The second-order valence-corrected chi connectivity index (χ2v) is 8.01. The molecule has 1 aliphatic rings. The number of thiazole rings is 1. The molecular formula is C17H22BrCl2N3OS. The van der Waals surface area contributed by atoms with E-state index in [-0.39, 0.29) is 30.7 Å². The number of benzene rings is 1. The number of amides is 1. The molecule has 138 valence electrons. The van der Waals surface area contributed by atoms with Gasteiger partial charge in [-0.2, -0.15) is 0 Å². The number of hydrogen-bond acceptors (Lipinski definition) is 4. The number of hydrogen-bond donors (Lipinski definition) is 1. The Bertz CT molecular complexity index is 680. The zero-order chi connectivity index (χ0) is 16.4. The van der Waals surface area contributed by atoms with E-state index >= 15 is 0 Å². The standard InChI is InChI=1S/C17H20BrN3OS.2ClH/c1-17(19,13-4-6-14(18)7-5-13)16(22)21-9-2-3-12(11-21)15-20-8-10-23-15;;/h4-8,10,12H,2-3,9,11,19H2,1H3;2*1H. The van der Waals surface area contributed by atoms with E-state index in [2.05, 4.69) is 20.9 Å². The van der Waals surface area contributed by atoms with Crippen molar-refractivity contribution in [1.29, 1.82) is 0 Å². The summed E-state index contributed by atoms with van der Waals surface area (Å²) in [6, 6.07) is 7.65. The van der Waals surface area contributed by atoms with Crippen LogP contribution >= 0.6 is 52.1 Å². The van der Waals surface area contributed by atoms with Crippen molar-refractivity contribution >= 4 is 58.0 Å². The second kappa shape index (κ2) is 9.33. The zero-order valence-corrected chi connectivity index (χ0v) is 17.9. The first-order valence-electron chi connectivity index (χ1n) is 7.72. The first-order valence-corrected chi connectivity index (χ1v) is 9.39. The normalized spacial score (nSPS) is 19.3. The van der Waals surface area contributed by atoms with Gasteiger partial charge in [-0.25, -0.2) is 4.98 Å². The lowest BCUT2D eigenvalue weighted by Gasteiger charge is -2.37. The van der Waals surface area contributed by atoms with Gasteiger partial charge < -0.3 is 10.6 Å². The minimum atomic E-state index is -1.01. The van der Waals surface area contributed by atoms with Gasteiger partial charge in [0.15, 0.2) is 0 Å². The predicted molar refractivity (Wildman–Crippen MR) is 111 cm³/mol. The monoisotopic (exact) mass is 465 g/mol. The molecule has 2 N–H and O–H groups in total. The number of rotatable bonds is 3. The van der Waals surface area contributed by atoms with Gasteiger partial charge in [-0.3, -0.25) is 4.79 Å². The smallest absolute Gasteiger partial charge is 0.246 e. The molecule has 0 aliphatic carbocycles.